The minimum atomic E-state index is -0.672. The summed E-state index contributed by atoms with van der Waals surface area (Å²) in [6.07, 6.45) is -0.672. The number of aliphatic hydroxyl groups excluding tert-OH is 1. The van der Waals surface area contributed by atoms with E-state index in [1.165, 1.54) is 6.92 Å². The van der Waals surface area contributed by atoms with Crippen LogP contribution in [0.1, 0.15) is 6.92 Å². The molecular formula is C8H13NO5S. The number of ether oxygens (including phenoxy) is 2. The number of nitrogens with one attached hydrogen (secondary N) is 1. The van der Waals surface area contributed by atoms with Crippen molar-refractivity contribution in [1.82, 2.24) is 5.32 Å². The fraction of sp³-hybridized carbons (Fsp3) is 0.500. The maximum Gasteiger partial charge on any atom is 0.407 e. The number of carbonyl (C=O) groups is 2. The lowest BCUT2D eigenvalue weighted by molar-refractivity contribution is -0.125. The molecule has 0 unspecified atom stereocenters. The Bertz CT molecular complexity index is 253. The van der Waals surface area contributed by atoms with Gasteiger partial charge in [-0.05, 0) is 6.92 Å². The molecule has 0 aromatic heterocycles. The third kappa shape index (κ3) is 6.67. The Labute approximate surface area is 92.7 Å². The monoisotopic (exact) mass is 235 g/mol. The normalized spacial score (nSPS) is 11.3. The van der Waals surface area contributed by atoms with Gasteiger partial charge in [-0.1, -0.05) is 0 Å². The second-order valence-corrected chi connectivity index (χ2v) is 2.89. The number of rotatable bonds is 6. The van der Waals surface area contributed by atoms with Crippen molar-refractivity contribution in [3.8, 4) is 0 Å². The van der Waals surface area contributed by atoms with Crippen LogP contribution in [0.5, 0.6) is 0 Å². The summed E-state index contributed by atoms with van der Waals surface area (Å²) in [4.78, 5) is 20.8. The Kier molecular flexibility index (Phi) is 7.25. The second-order valence-electron chi connectivity index (χ2n) is 2.44. The highest BCUT2D eigenvalue weighted by Gasteiger charge is 2.06. The first kappa shape index (κ1) is 13.6. The van der Waals surface area contributed by atoms with E-state index >= 15 is 0 Å². The van der Waals surface area contributed by atoms with Gasteiger partial charge in [0.15, 0.2) is 12.4 Å². The molecule has 15 heavy (non-hydrogen) atoms. The van der Waals surface area contributed by atoms with Gasteiger partial charge in [0.25, 0.3) is 6.47 Å². The van der Waals surface area contributed by atoms with Crippen LogP contribution in [-0.4, -0.2) is 36.6 Å². The molecule has 0 aromatic carbocycles. The molecule has 0 rings (SSSR count). The summed E-state index contributed by atoms with van der Waals surface area (Å²) in [6.45, 7) is 1.57. The Morgan fingerprint density at radius 3 is 2.80 bits per heavy atom. The smallest absolute Gasteiger partial charge is 0.407 e. The summed E-state index contributed by atoms with van der Waals surface area (Å²) in [5.74, 6) is 0.166. The van der Waals surface area contributed by atoms with Crippen LogP contribution in [0.3, 0.4) is 0 Å². The fourth-order valence-electron chi connectivity index (χ4n) is 0.585. The molecule has 0 aliphatic heterocycles. The Hall–Kier alpha value is -1.37. The summed E-state index contributed by atoms with van der Waals surface area (Å²) < 4.78 is 8.93. The van der Waals surface area contributed by atoms with Crippen LogP contribution in [0.25, 0.3) is 0 Å². The number of alkyl carbamates (subject to hydrolysis) is 1. The minimum absolute atomic E-state index is 0.00741. The van der Waals surface area contributed by atoms with Crippen molar-refractivity contribution in [3.05, 3.63) is 11.5 Å². The van der Waals surface area contributed by atoms with Crippen LogP contribution in [0, 0.1) is 0 Å². The summed E-state index contributed by atoms with van der Waals surface area (Å²) >= 11 is 3.88. The molecule has 0 saturated carbocycles. The predicted molar refractivity (Wildman–Crippen MR) is 55.7 cm³/mol. The van der Waals surface area contributed by atoms with E-state index in [2.05, 4.69) is 27.4 Å². The van der Waals surface area contributed by atoms with Crippen molar-refractivity contribution in [2.75, 3.05) is 18.9 Å². The molecule has 1 amide bonds. The molecule has 2 N–H and O–H groups in total. The topological polar surface area (TPSA) is 84.9 Å². The van der Waals surface area contributed by atoms with E-state index in [0.29, 0.717) is 12.3 Å². The zero-order chi connectivity index (χ0) is 11.7. The fourth-order valence-corrected chi connectivity index (χ4v) is 0.697. The second kappa shape index (κ2) is 7.98. The summed E-state index contributed by atoms with van der Waals surface area (Å²) in [5.41, 5.74) is 0. The molecule has 0 bridgehead atoms. The first-order valence-corrected chi connectivity index (χ1v) is 4.75. The van der Waals surface area contributed by atoms with E-state index in [4.69, 9.17) is 0 Å². The van der Waals surface area contributed by atoms with E-state index in [-0.39, 0.29) is 24.6 Å². The molecule has 6 nitrogen and oxygen atoms in total. The van der Waals surface area contributed by atoms with Crippen molar-refractivity contribution in [1.29, 1.82) is 0 Å². The first-order chi connectivity index (χ1) is 7.11. The number of amides is 1. The van der Waals surface area contributed by atoms with Crippen molar-refractivity contribution in [2.45, 2.75) is 6.92 Å². The lowest BCUT2D eigenvalue weighted by atomic mass is 10.4. The van der Waals surface area contributed by atoms with Gasteiger partial charge < -0.3 is 19.9 Å². The van der Waals surface area contributed by atoms with E-state index in [1.807, 2.05) is 0 Å². The zero-order valence-corrected chi connectivity index (χ0v) is 9.12. The lowest BCUT2D eigenvalue weighted by Crippen LogP contribution is -2.26. The van der Waals surface area contributed by atoms with Crippen LogP contribution in [0.15, 0.2) is 11.5 Å². The Balaban J connectivity index is 3.88. The molecule has 7 heteroatoms. The average molecular weight is 235 g/mol. The van der Waals surface area contributed by atoms with Gasteiger partial charge in [-0.2, -0.15) is 12.6 Å². The minimum Gasteiger partial charge on any atom is -0.506 e. The van der Waals surface area contributed by atoms with Crippen LogP contribution >= 0.6 is 12.6 Å². The molecule has 0 saturated heterocycles. The summed E-state index contributed by atoms with van der Waals surface area (Å²) in [5, 5.41) is 11.6. The molecule has 0 radical (unpaired) electrons. The van der Waals surface area contributed by atoms with Gasteiger partial charge in [0.1, 0.15) is 5.76 Å². The van der Waals surface area contributed by atoms with Gasteiger partial charge in [-0.25, -0.2) is 4.79 Å². The highest BCUT2D eigenvalue weighted by Crippen LogP contribution is 2.01. The summed E-state index contributed by atoms with van der Waals surface area (Å²) in [7, 11) is 0. The molecule has 0 spiro atoms. The van der Waals surface area contributed by atoms with Crippen LogP contribution in [0.2, 0.25) is 0 Å². The first-order valence-electron chi connectivity index (χ1n) is 4.12. The Morgan fingerprint density at radius 1 is 1.60 bits per heavy atom. The van der Waals surface area contributed by atoms with E-state index in [0.717, 1.165) is 0 Å². The standard InChI is InChI=1S/C8H13NO5S/c1-6(14-5-10)7(11)4-13-8(12)9-2-3-15/h5,11,15H,2-4H2,1H3,(H,9,12)/b7-6-. The van der Waals surface area contributed by atoms with Gasteiger partial charge in [0, 0.05) is 12.3 Å². The SMILES string of the molecule is C/C(OC=O)=C(/O)COC(=O)NCCS. The highest BCUT2D eigenvalue weighted by atomic mass is 32.1. The Morgan fingerprint density at radius 2 is 2.27 bits per heavy atom. The van der Waals surface area contributed by atoms with Gasteiger partial charge in [-0.3, -0.25) is 4.79 Å². The molecule has 0 atom stereocenters. The lowest BCUT2D eigenvalue weighted by Gasteiger charge is -2.06. The zero-order valence-electron chi connectivity index (χ0n) is 8.23. The molecule has 0 fully saturated rings. The van der Waals surface area contributed by atoms with E-state index in [1.54, 1.807) is 0 Å². The van der Waals surface area contributed by atoms with Crippen molar-refractivity contribution < 1.29 is 24.2 Å². The number of hydrogen-bond acceptors (Lipinski definition) is 6. The molecule has 86 valence electrons. The van der Waals surface area contributed by atoms with Crippen LogP contribution < -0.4 is 5.32 Å². The molecule has 0 aliphatic rings. The largest absolute Gasteiger partial charge is 0.506 e. The van der Waals surface area contributed by atoms with Crippen molar-refractivity contribution >= 4 is 25.2 Å². The maximum absolute atomic E-state index is 10.9. The van der Waals surface area contributed by atoms with Gasteiger partial charge in [0.2, 0.25) is 0 Å². The molecule has 0 aromatic rings. The molecule has 0 heterocycles. The number of hydrogen-bond donors (Lipinski definition) is 3. The maximum atomic E-state index is 10.9. The number of thiol groups is 1. The number of aliphatic hydroxyl groups is 1. The predicted octanol–water partition coefficient (Wildman–Crippen LogP) is 0.605. The van der Waals surface area contributed by atoms with E-state index in [9.17, 15) is 14.7 Å². The van der Waals surface area contributed by atoms with Crippen LogP contribution in [0.4, 0.5) is 4.79 Å². The third-order valence-corrected chi connectivity index (χ3v) is 1.58. The highest BCUT2D eigenvalue weighted by molar-refractivity contribution is 7.80. The average Bonchev–Trinajstić information content (AvgIpc) is 2.23. The van der Waals surface area contributed by atoms with Gasteiger partial charge >= 0.3 is 6.09 Å². The number of carbonyl (C=O) groups excluding carboxylic acids is 2. The van der Waals surface area contributed by atoms with E-state index < -0.39 is 6.09 Å². The van der Waals surface area contributed by atoms with Gasteiger partial charge in [-0.15, -0.1) is 0 Å². The molecular weight excluding hydrogens is 222 g/mol. The van der Waals surface area contributed by atoms with Gasteiger partial charge in [0.05, 0.1) is 0 Å². The quantitative estimate of drug-likeness (QED) is 0.357. The molecule has 0 aliphatic carbocycles. The number of allylic oxidation sites excluding steroid dienone is 1. The van der Waals surface area contributed by atoms with Crippen molar-refractivity contribution in [2.24, 2.45) is 0 Å². The van der Waals surface area contributed by atoms with Crippen molar-refractivity contribution in [3.63, 3.8) is 0 Å². The summed E-state index contributed by atoms with van der Waals surface area (Å²) in [6, 6.07) is 0. The third-order valence-electron chi connectivity index (χ3n) is 1.35. The van der Waals surface area contributed by atoms with Crippen LogP contribution in [-0.2, 0) is 14.3 Å².